The van der Waals surface area contributed by atoms with Gasteiger partial charge in [-0.3, -0.25) is 4.79 Å². The third-order valence-corrected chi connectivity index (χ3v) is 2.29. The summed E-state index contributed by atoms with van der Waals surface area (Å²) in [7, 11) is 0. The van der Waals surface area contributed by atoms with E-state index in [2.05, 4.69) is 5.32 Å². The smallest absolute Gasteiger partial charge is 0.408 e. The van der Waals surface area contributed by atoms with Crippen LogP contribution in [0.25, 0.3) is 6.08 Å². The van der Waals surface area contributed by atoms with Gasteiger partial charge in [-0.15, -0.1) is 0 Å². The van der Waals surface area contributed by atoms with Crippen molar-refractivity contribution in [1.29, 1.82) is 0 Å². The molecule has 0 heterocycles. The van der Waals surface area contributed by atoms with Crippen LogP contribution in [0.3, 0.4) is 0 Å². The number of hydrogen-bond donors (Lipinski definition) is 1. The lowest BCUT2D eigenvalue weighted by molar-refractivity contribution is -0.113. The van der Waals surface area contributed by atoms with Crippen molar-refractivity contribution in [1.82, 2.24) is 5.32 Å². The first-order valence-corrected chi connectivity index (χ1v) is 6.76. The molecule has 21 heavy (non-hydrogen) atoms. The van der Waals surface area contributed by atoms with Crippen molar-refractivity contribution >= 4 is 18.0 Å². The maximum atomic E-state index is 11.5. The molecule has 0 saturated carbocycles. The third kappa shape index (κ3) is 8.42. The molecule has 0 aliphatic carbocycles. The Bertz CT molecular complexity index is 525. The number of benzene rings is 1. The summed E-state index contributed by atoms with van der Waals surface area (Å²) >= 11 is 0. The predicted octanol–water partition coefficient (Wildman–Crippen LogP) is 3.35. The van der Waals surface area contributed by atoms with Crippen molar-refractivity contribution in [2.24, 2.45) is 0 Å². The molecule has 0 aromatic heterocycles. The molecule has 0 aliphatic rings. The zero-order chi connectivity index (χ0) is 15.7. The molecule has 0 saturated heterocycles. The molecule has 4 nitrogen and oxygen atoms in total. The second-order valence-corrected chi connectivity index (χ2v) is 5.45. The van der Waals surface area contributed by atoms with Gasteiger partial charge >= 0.3 is 6.09 Å². The van der Waals surface area contributed by atoms with Gasteiger partial charge in [0, 0.05) is 0 Å². The van der Waals surface area contributed by atoms with E-state index < -0.39 is 11.7 Å². The fraction of sp³-hybridized carbons (Fsp3) is 0.294. The first-order valence-electron chi connectivity index (χ1n) is 6.76. The minimum absolute atomic E-state index is 0.0788. The van der Waals surface area contributed by atoms with E-state index in [0.717, 1.165) is 5.56 Å². The summed E-state index contributed by atoms with van der Waals surface area (Å²) in [5.74, 6) is -0.196. The van der Waals surface area contributed by atoms with Crippen molar-refractivity contribution < 1.29 is 14.3 Å². The molecule has 112 valence electrons. The molecule has 1 amide bonds. The van der Waals surface area contributed by atoms with Crippen LogP contribution in [-0.2, 0) is 9.53 Å². The summed E-state index contributed by atoms with van der Waals surface area (Å²) in [6, 6.07) is 9.77. The van der Waals surface area contributed by atoms with E-state index in [0.29, 0.717) is 0 Å². The van der Waals surface area contributed by atoms with Crippen LogP contribution in [0, 0.1) is 0 Å². The molecule has 0 aliphatic heterocycles. The van der Waals surface area contributed by atoms with E-state index in [1.165, 1.54) is 6.08 Å². The van der Waals surface area contributed by atoms with Crippen LogP contribution < -0.4 is 5.32 Å². The Hall–Kier alpha value is -2.36. The summed E-state index contributed by atoms with van der Waals surface area (Å²) in [4.78, 5) is 22.9. The summed E-state index contributed by atoms with van der Waals surface area (Å²) in [6.45, 7) is 5.22. The molecule has 1 aromatic carbocycles. The summed E-state index contributed by atoms with van der Waals surface area (Å²) in [5, 5.41) is 2.41. The molecule has 0 spiro atoms. The minimum atomic E-state index is -0.593. The van der Waals surface area contributed by atoms with Crippen LogP contribution in [0.2, 0.25) is 0 Å². The normalized spacial score (nSPS) is 11.8. The van der Waals surface area contributed by atoms with Crippen molar-refractivity contribution in [2.45, 2.75) is 26.4 Å². The highest BCUT2D eigenvalue weighted by Gasteiger charge is 2.15. The first-order chi connectivity index (χ1) is 9.87. The van der Waals surface area contributed by atoms with Crippen LogP contribution in [0.4, 0.5) is 4.79 Å². The number of carbonyl (C=O) groups is 2. The SMILES string of the molecule is CC(C)(C)OC(=O)NCC(=O)/C=C/C=C/c1ccccc1. The number of allylic oxidation sites excluding steroid dienone is 2. The fourth-order valence-corrected chi connectivity index (χ4v) is 1.43. The number of carbonyl (C=O) groups excluding carboxylic acids is 2. The zero-order valence-corrected chi connectivity index (χ0v) is 12.6. The van der Waals surface area contributed by atoms with Gasteiger partial charge in [0.05, 0.1) is 6.54 Å². The van der Waals surface area contributed by atoms with E-state index in [4.69, 9.17) is 4.74 Å². The molecular weight excluding hydrogens is 266 g/mol. The molecule has 1 rings (SSSR count). The van der Waals surface area contributed by atoms with E-state index in [-0.39, 0.29) is 12.3 Å². The van der Waals surface area contributed by atoms with Gasteiger partial charge in [0.1, 0.15) is 5.60 Å². The predicted molar refractivity (Wildman–Crippen MR) is 83.9 cm³/mol. The van der Waals surface area contributed by atoms with E-state index in [9.17, 15) is 9.59 Å². The number of alkyl carbamates (subject to hydrolysis) is 1. The van der Waals surface area contributed by atoms with Crippen LogP contribution in [0.1, 0.15) is 26.3 Å². The highest BCUT2D eigenvalue weighted by Crippen LogP contribution is 2.06. The molecule has 1 N–H and O–H groups in total. The van der Waals surface area contributed by atoms with Crippen LogP contribution in [-0.4, -0.2) is 24.0 Å². The molecule has 0 atom stereocenters. The van der Waals surface area contributed by atoms with Crippen molar-refractivity contribution in [3.8, 4) is 0 Å². The minimum Gasteiger partial charge on any atom is -0.444 e. The number of hydrogen-bond acceptors (Lipinski definition) is 3. The lowest BCUT2D eigenvalue weighted by atomic mass is 10.2. The number of rotatable bonds is 5. The maximum absolute atomic E-state index is 11.5. The van der Waals surface area contributed by atoms with Crippen molar-refractivity contribution in [3.63, 3.8) is 0 Å². The Kier molecular flexibility index (Phi) is 6.40. The summed E-state index contributed by atoms with van der Waals surface area (Å²) in [5.41, 5.74) is 0.489. The first kappa shape index (κ1) is 16.7. The topological polar surface area (TPSA) is 55.4 Å². The molecule has 0 fully saturated rings. The number of nitrogens with one attached hydrogen (secondary N) is 1. The summed E-state index contributed by atoms with van der Waals surface area (Å²) in [6.07, 6.45) is 6.14. The molecule has 0 unspecified atom stereocenters. The quantitative estimate of drug-likeness (QED) is 0.667. The Balaban J connectivity index is 2.32. The van der Waals surface area contributed by atoms with Gasteiger partial charge in [-0.25, -0.2) is 4.79 Å². The van der Waals surface area contributed by atoms with Gasteiger partial charge in [-0.1, -0.05) is 48.6 Å². The van der Waals surface area contributed by atoms with Gasteiger partial charge in [0.15, 0.2) is 5.78 Å². The van der Waals surface area contributed by atoms with E-state index in [1.807, 2.05) is 36.4 Å². The van der Waals surface area contributed by atoms with Crippen LogP contribution >= 0.6 is 0 Å². The molecule has 0 bridgehead atoms. The van der Waals surface area contributed by atoms with Crippen molar-refractivity contribution in [3.05, 3.63) is 54.1 Å². The van der Waals surface area contributed by atoms with E-state index in [1.54, 1.807) is 32.9 Å². The van der Waals surface area contributed by atoms with Crippen LogP contribution in [0.15, 0.2) is 48.6 Å². The lowest BCUT2D eigenvalue weighted by Gasteiger charge is -2.19. The highest BCUT2D eigenvalue weighted by atomic mass is 16.6. The molecule has 0 radical (unpaired) electrons. The molecular formula is C17H21NO3. The number of amides is 1. The summed E-state index contributed by atoms with van der Waals surface area (Å²) < 4.78 is 5.03. The standard InChI is InChI=1S/C17H21NO3/c1-17(2,3)21-16(20)18-13-15(19)12-8-7-11-14-9-5-4-6-10-14/h4-12H,13H2,1-3H3,(H,18,20)/b11-7+,12-8+. The lowest BCUT2D eigenvalue weighted by Crippen LogP contribution is -2.35. The Labute approximate surface area is 125 Å². The van der Waals surface area contributed by atoms with Crippen LogP contribution in [0.5, 0.6) is 0 Å². The van der Waals surface area contributed by atoms with Gasteiger partial charge in [0.25, 0.3) is 0 Å². The average Bonchev–Trinajstić information content (AvgIpc) is 2.41. The van der Waals surface area contributed by atoms with Gasteiger partial charge in [0.2, 0.25) is 0 Å². The van der Waals surface area contributed by atoms with Gasteiger partial charge in [-0.2, -0.15) is 0 Å². The van der Waals surface area contributed by atoms with Gasteiger partial charge < -0.3 is 10.1 Å². The number of ketones is 1. The largest absolute Gasteiger partial charge is 0.444 e. The Morgan fingerprint density at radius 3 is 2.43 bits per heavy atom. The second-order valence-electron chi connectivity index (χ2n) is 5.45. The van der Waals surface area contributed by atoms with E-state index >= 15 is 0 Å². The Morgan fingerprint density at radius 2 is 1.81 bits per heavy atom. The number of ether oxygens (including phenoxy) is 1. The maximum Gasteiger partial charge on any atom is 0.408 e. The Morgan fingerprint density at radius 1 is 1.14 bits per heavy atom. The molecule has 1 aromatic rings. The second kappa shape index (κ2) is 8.04. The average molecular weight is 287 g/mol. The zero-order valence-electron chi connectivity index (χ0n) is 12.6. The van der Waals surface area contributed by atoms with Crippen molar-refractivity contribution in [2.75, 3.05) is 6.54 Å². The highest BCUT2D eigenvalue weighted by molar-refractivity contribution is 5.93. The monoisotopic (exact) mass is 287 g/mol. The fourth-order valence-electron chi connectivity index (χ4n) is 1.43. The van der Waals surface area contributed by atoms with Gasteiger partial charge in [-0.05, 0) is 32.4 Å². The third-order valence-electron chi connectivity index (χ3n) is 2.29. The molecule has 4 heteroatoms.